The zero-order chi connectivity index (χ0) is 19.9. The van der Waals surface area contributed by atoms with Crippen molar-refractivity contribution in [2.45, 2.75) is 17.4 Å². The highest BCUT2D eigenvalue weighted by molar-refractivity contribution is 7.98. The summed E-state index contributed by atoms with van der Waals surface area (Å²) in [6, 6.07) is 5.01. The van der Waals surface area contributed by atoms with Crippen LogP contribution in [0.4, 0.5) is 0 Å². The van der Waals surface area contributed by atoms with Crippen molar-refractivity contribution in [3.63, 3.8) is 0 Å². The third-order valence-corrected chi connectivity index (χ3v) is 6.64. The van der Waals surface area contributed by atoms with E-state index in [0.29, 0.717) is 25.4 Å². The highest BCUT2D eigenvalue weighted by Crippen LogP contribution is 2.18. The predicted octanol–water partition coefficient (Wildman–Crippen LogP) is 0.732. The third-order valence-electron chi connectivity index (χ3n) is 4.11. The molecule has 1 amide bonds. The zero-order valence-corrected chi connectivity index (χ0v) is 17.0. The number of nitrogens with one attached hydrogen (secondary N) is 1. The standard InChI is InChI=1S/C17H24N2O6S2/c1-24-17(21)15(6-11-26-2)18-16(20)13-4-3-5-14(12-13)27(22,23)19-7-9-25-10-8-19/h3-5,12,15H,6-11H2,1-2H3,(H,18,20)/t15-/m1/s1. The summed E-state index contributed by atoms with van der Waals surface area (Å²) in [5.74, 6) is -0.383. The van der Waals surface area contributed by atoms with Crippen LogP contribution in [0.15, 0.2) is 29.2 Å². The molecule has 1 fully saturated rings. The van der Waals surface area contributed by atoms with E-state index in [1.165, 1.54) is 35.7 Å². The number of nitrogens with zero attached hydrogens (tertiary/aromatic N) is 1. The molecule has 150 valence electrons. The number of ether oxygens (including phenoxy) is 2. The van der Waals surface area contributed by atoms with Gasteiger partial charge in [-0.05, 0) is 36.6 Å². The van der Waals surface area contributed by atoms with Gasteiger partial charge in [-0.3, -0.25) is 4.79 Å². The second-order valence-corrected chi connectivity index (χ2v) is 8.80. The zero-order valence-electron chi connectivity index (χ0n) is 15.3. The van der Waals surface area contributed by atoms with Gasteiger partial charge in [0, 0.05) is 18.7 Å². The lowest BCUT2D eigenvalue weighted by Gasteiger charge is -2.26. The smallest absolute Gasteiger partial charge is 0.328 e. The van der Waals surface area contributed by atoms with Crippen LogP contribution < -0.4 is 5.32 Å². The molecule has 1 atom stereocenters. The maximum absolute atomic E-state index is 12.7. The Morgan fingerprint density at radius 3 is 2.67 bits per heavy atom. The average Bonchev–Trinajstić information content (AvgIpc) is 2.71. The Labute approximate surface area is 163 Å². The molecular weight excluding hydrogens is 392 g/mol. The van der Waals surface area contributed by atoms with Crippen LogP contribution in [0.3, 0.4) is 0 Å². The number of benzene rings is 1. The molecular formula is C17H24N2O6S2. The molecule has 0 spiro atoms. The summed E-state index contributed by atoms with van der Waals surface area (Å²) >= 11 is 1.55. The van der Waals surface area contributed by atoms with Crippen molar-refractivity contribution in [2.24, 2.45) is 0 Å². The fraction of sp³-hybridized carbons (Fsp3) is 0.529. The molecule has 1 aromatic carbocycles. The first-order valence-electron chi connectivity index (χ1n) is 8.45. The topological polar surface area (TPSA) is 102 Å². The quantitative estimate of drug-likeness (QED) is 0.624. The van der Waals surface area contributed by atoms with Crippen LogP contribution in [0.2, 0.25) is 0 Å². The number of rotatable bonds is 8. The van der Waals surface area contributed by atoms with Gasteiger partial charge in [0.25, 0.3) is 5.91 Å². The number of hydrogen-bond donors (Lipinski definition) is 1. The Bertz CT molecular complexity index is 762. The van der Waals surface area contributed by atoms with Gasteiger partial charge in [0.1, 0.15) is 6.04 Å². The Morgan fingerprint density at radius 1 is 1.33 bits per heavy atom. The fourth-order valence-corrected chi connectivity index (χ4v) is 4.53. The van der Waals surface area contributed by atoms with Gasteiger partial charge in [-0.25, -0.2) is 13.2 Å². The Morgan fingerprint density at radius 2 is 2.04 bits per heavy atom. The van der Waals surface area contributed by atoms with Crippen LogP contribution in [0.25, 0.3) is 0 Å². The molecule has 10 heteroatoms. The number of thioether (sulfide) groups is 1. The molecule has 1 saturated heterocycles. The van der Waals surface area contributed by atoms with E-state index >= 15 is 0 Å². The lowest BCUT2D eigenvalue weighted by atomic mass is 10.1. The number of sulfonamides is 1. The van der Waals surface area contributed by atoms with Crippen molar-refractivity contribution in [1.82, 2.24) is 9.62 Å². The van der Waals surface area contributed by atoms with Crippen LogP contribution in [0.1, 0.15) is 16.8 Å². The summed E-state index contributed by atoms with van der Waals surface area (Å²) in [6.45, 7) is 1.24. The van der Waals surface area contributed by atoms with E-state index in [2.05, 4.69) is 5.32 Å². The number of carbonyl (C=O) groups is 2. The van der Waals surface area contributed by atoms with E-state index in [4.69, 9.17) is 9.47 Å². The van der Waals surface area contributed by atoms with Crippen molar-refractivity contribution < 1.29 is 27.5 Å². The number of esters is 1. The molecule has 1 N–H and O–H groups in total. The van der Waals surface area contributed by atoms with E-state index < -0.39 is 27.9 Å². The van der Waals surface area contributed by atoms with Crippen LogP contribution in [0.5, 0.6) is 0 Å². The van der Waals surface area contributed by atoms with Crippen molar-refractivity contribution >= 4 is 33.7 Å². The van der Waals surface area contributed by atoms with E-state index in [1.54, 1.807) is 11.8 Å². The van der Waals surface area contributed by atoms with E-state index in [-0.39, 0.29) is 23.5 Å². The summed E-state index contributed by atoms with van der Waals surface area (Å²) in [5.41, 5.74) is 0.169. The number of amides is 1. The second-order valence-electron chi connectivity index (χ2n) is 5.87. The van der Waals surface area contributed by atoms with Gasteiger partial charge in [-0.15, -0.1) is 0 Å². The molecule has 0 bridgehead atoms. The average molecular weight is 417 g/mol. The van der Waals surface area contributed by atoms with Gasteiger partial charge in [-0.1, -0.05) is 6.07 Å². The summed E-state index contributed by atoms with van der Waals surface area (Å²) in [4.78, 5) is 24.4. The summed E-state index contributed by atoms with van der Waals surface area (Å²) in [6.07, 6.45) is 2.32. The number of carbonyl (C=O) groups excluding carboxylic acids is 2. The fourth-order valence-electron chi connectivity index (χ4n) is 2.60. The molecule has 1 heterocycles. The molecule has 0 unspecified atom stereocenters. The van der Waals surface area contributed by atoms with Crippen LogP contribution in [-0.4, -0.2) is 76.1 Å². The number of morpholine rings is 1. The van der Waals surface area contributed by atoms with Crippen LogP contribution in [0, 0.1) is 0 Å². The summed E-state index contributed by atoms with van der Waals surface area (Å²) in [5, 5.41) is 2.62. The third kappa shape index (κ3) is 5.68. The lowest BCUT2D eigenvalue weighted by Crippen LogP contribution is -2.42. The highest BCUT2D eigenvalue weighted by atomic mass is 32.2. The molecule has 1 aliphatic rings. The molecule has 0 aromatic heterocycles. The minimum atomic E-state index is -3.70. The van der Waals surface area contributed by atoms with Crippen molar-refractivity contribution in [3.05, 3.63) is 29.8 Å². The molecule has 27 heavy (non-hydrogen) atoms. The van der Waals surface area contributed by atoms with Crippen LogP contribution >= 0.6 is 11.8 Å². The van der Waals surface area contributed by atoms with Crippen molar-refractivity contribution in [1.29, 1.82) is 0 Å². The van der Waals surface area contributed by atoms with Crippen molar-refractivity contribution in [3.8, 4) is 0 Å². The molecule has 0 saturated carbocycles. The van der Waals surface area contributed by atoms with Gasteiger partial charge in [0.2, 0.25) is 10.0 Å². The van der Waals surface area contributed by atoms with Gasteiger partial charge in [-0.2, -0.15) is 16.1 Å². The minimum absolute atomic E-state index is 0.0378. The molecule has 2 rings (SSSR count). The highest BCUT2D eigenvalue weighted by Gasteiger charge is 2.27. The first-order valence-corrected chi connectivity index (χ1v) is 11.3. The monoisotopic (exact) mass is 416 g/mol. The maximum atomic E-state index is 12.7. The molecule has 0 radical (unpaired) electrons. The minimum Gasteiger partial charge on any atom is -0.467 e. The summed E-state index contributed by atoms with van der Waals surface area (Å²) < 4.78 is 36.7. The van der Waals surface area contributed by atoms with Gasteiger partial charge < -0.3 is 14.8 Å². The second kappa shape index (κ2) is 10.1. The van der Waals surface area contributed by atoms with Crippen LogP contribution in [-0.2, 0) is 24.3 Å². The summed E-state index contributed by atoms with van der Waals surface area (Å²) in [7, 11) is -2.44. The maximum Gasteiger partial charge on any atom is 0.328 e. The van der Waals surface area contributed by atoms with Gasteiger partial charge >= 0.3 is 5.97 Å². The first-order chi connectivity index (χ1) is 12.9. The number of methoxy groups -OCH3 is 1. The molecule has 1 aromatic rings. The molecule has 8 nitrogen and oxygen atoms in total. The predicted molar refractivity (Wildman–Crippen MR) is 102 cm³/mol. The Balaban J connectivity index is 2.17. The van der Waals surface area contributed by atoms with Gasteiger partial charge in [0.05, 0.1) is 25.2 Å². The number of hydrogen-bond acceptors (Lipinski definition) is 7. The molecule has 0 aliphatic carbocycles. The molecule has 1 aliphatic heterocycles. The van der Waals surface area contributed by atoms with Crippen molar-refractivity contribution in [2.75, 3.05) is 45.4 Å². The normalized spacial score (nSPS) is 16.5. The van der Waals surface area contributed by atoms with E-state index in [9.17, 15) is 18.0 Å². The first kappa shape index (κ1) is 21.7. The van der Waals surface area contributed by atoms with Gasteiger partial charge in [0.15, 0.2) is 0 Å². The van der Waals surface area contributed by atoms with E-state index in [0.717, 1.165) is 0 Å². The Hall–Kier alpha value is -1.62. The van der Waals surface area contributed by atoms with E-state index in [1.807, 2.05) is 6.26 Å². The SMILES string of the molecule is COC(=O)[C@@H](CCSC)NC(=O)c1cccc(S(=O)(=O)N2CCOCC2)c1. The largest absolute Gasteiger partial charge is 0.467 e. The Kier molecular flexibility index (Phi) is 8.08. The lowest BCUT2D eigenvalue weighted by molar-refractivity contribution is -0.142.